The van der Waals surface area contributed by atoms with E-state index in [1.807, 2.05) is 18.2 Å². The van der Waals surface area contributed by atoms with Crippen molar-refractivity contribution in [3.05, 3.63) is 107 Å². The van der Waals surface area contributed by atoms with Gasteiger partial charge in [-0.1, -0.05) is 88.9 Å². The van der Waals surface area contributed by atoms with Crippen molar-refractivity contribution in [3.63, 3.8) is 0 Å². The molecule has 0 N–H and O–H groups in total. The predicted octanol–water partition coefficient (Wildman–Crippen LogP) is 13.2. The van der Waals surface area contributed by atoms with Gasteiger partial charge < -0.3 is 0 Å². The van der Waals surface area contributed by atoms with Gasteiger partial charge in [0, 0.05) is 5.92 Å². The molecule has 0 aliphatic heterocycles. The monoisotopic (exact) mass is 808 g/mol. The fourth-order valence-corrected chi connectivity index (χ4v) is 14.6. The molecule has 0 aromatic heterocycles. The molecule has 0 saturated heterocycles. The molecule has 3 aliphatic carbocycles. The Balaban J connectivity index is 1.49. The molecule has 54 heavy (non-hydrogen) atoms. The minimum atomic E-state index is -5.28. The van der Waals surface area contributed by atoms with E-state index < -0.39 is 79.3 Å². The van der Waals surface area contributed by atoms with Crippen molar-refractivity contribution >= 4 is 37.3 Å². The van der Waals surface area contributed by atoms with Crippen molar-refractivity contribution in [1.29, 1.82) is 0 Å². The number of halogens is 12. The first kappa shape index (κ1) is 40.8. The highest BCUT2D eigenvalue weighted by molar-refractivity contribution is 7.73. The van der Waals surface area contributed by atoms with Gasteiger partial charge in [0.05, 0.1) is 22.3 Å². The van der Waals surface area contributed by atoms with Crippen molar-refractivity contribution in [1.82, 2.24) is 0 Å². The van der Waals surface area contributed by atoms with Crippen LogP contribution in [0.15, 0.2) is 78.9 Å². The standard InChI is InChI=1S/C40H38F12P2/c41-37(42,43)26-18-27(38(44,45)46)21-32(20-26)53(33-22-28(39(47,48)49)19-29(23-33)40(50,51)52)24-25-10-9-16-34(25)35-15-7-8-17-36(35)54(30-11-3-1-4-12-30)31-13-5-2-6-14-31/h7-10,15-23,25,30-31H,1-6,11-14,24H2. The summed E-state index contributed by atoms with van der Waals surface area (Å²) in [5, 5.41) is -0.106. The normalized spacial score (nSPS) is 19.6. The second kappa shape index (κ2) is 16.0. The fraction of sp³-hybridized carbons (Fsp3) is 0.450. The molecule has 2 saturated carbocycles. The van der Waals surface area contributed by atoms with Crippen molar-refractivity contribution in [3.8, 4) is 0 Å². The van der Waals surface area contributed by atoms with Crippen molar-refractivity contribution in [2.75, 3.05) is 6.16 Å². The van der Waals surface area contributed by atoms with Gasteiger partial charge in [0.2, 0.25) is 0 Å². The number of allylic oxidation sites excluding steroid dienone is 4. The maximum absolute atomic E-state index is 14.1. The van der Waals surface area contributed by atoms with Crippen LogP contribution in [-0.4, -0.2) is 17.5 Å². The zero-order valence-electron chi connectivity index (χ0n) is 28.9. The second-order valence-corrected chi connectivity index (χ2v) is 19.3. The first-order valence-electron chi connectivity index (χ1n) is 17.9. The molecule has 3 aromatic carbocycles. The van der Waals surface area contributed by atoms with Gasteiger partial charge in [0.1, 0.15) is 0 Å². The van der Waals surface area contributed by atoms with E-state index in [1.54, 1.807) is 18.2 Å². The fourth-order valence-electron chi connectivity index (χ4n) is 8.07. The highest BCUT2D eigenvalue weighted by Crippen LogP contribution is 2.57. The zero-order valence-corrected chi connectivity index (χ0v) is 30.7. The van der Waals surface area contributed by atoms with E-state index in [0.717, 1.165) is 75.1 Å². The average Bonchev–Trinajstić information content (AvgIpc) is 3.58. The van der Waals surface area contributed by atoms with Crippen LogP contribution in [0, 0.1) is 5.92 Å². The number of benzene rings is 3. The molecule has 14 heteroatoms. The summed E-state index contributed by atoms with van der Waals surface area (Å²) in [5.74, 6) is -0.723. The van der Waals surface area contributed by atoms with E-state index in [0.29, 0.717) is 41.2 Å². The lowest BCUT2D eigenvalue weighted by Gasteiger charge is -2.40. The van der Waals surface area contributed by atoms with Gasteiger partial charge in [0.15, 0.2) is 0 Å². The Labute approximate surface area is 308 Å². The lowest BCUT2D eigenvalue weighted by Crippen LogP contribution is -2.28. The van der Waals surface area contributed by atoms with Gasteiger partial charge >= 0.3 is 24.7 Å². The molecule has 0 nitrogen and oxygen atoms in total. The highest BCUT2D eigenvalue weighted by atomic mass is 31.1. The van der Waals surface area contributed by atoms with Crippen molar-refractivity contribution in [2.45, 2.75) is 100 Å². The van der Waals surface area contributed by atoms with Crippen LogP contribution in [-0.2, 0) is 24.7 Å². The number of hydrogen-bond donors (Lipinski definition) is 0. The largest absolute Gasteiger partial charge is 0.416 e. The summed E-state index contributed by atoms with van der Waals surface area (Å²) < 4.78 is 169. The van der Waals surface area contributed by atoms with Crippen molar-refractivity contribution in [2.24, 2.45) is 5.92 Å². The maximum atomic E-state index is 14.1. The number of hydrogen-bond acceptors (Lipinski definition) is 0. The van der Waals surface area contributed by atoms with Crippen LogP contribution in [0.5, 0.6) is 0 Å². The van der Waals surface area contributed by atoms with Crippen LogP contribution < -0.4 is 15.9 Å². The van der Waals surface area contributed by atoms with Gasteiger partial charge in [-0.05, 0) is 115 Å². The third-order valence-electron chi connectivity index (χ3n) is 10.6. The van der Waals surface area contributed by atoms with Crippen LogP contribution >= 0.6 is 15.8 Å². The molecule has 0 spiro atoms. The van der Waals surface area contributed by atoms with Gasteiger partial charge in [0.25, 0.3) is 0 Å². The molecular weight excluding hydrogens is 770 g/mol. The Bertz CT molecular complexity index is 1680. The van der Waals surface area contributed by atoms with Gasteiger partial charge in [-0.25, -0.2) is 0 Å². The molecule has 2 fully saturated rings. The molecule has 0 radical (unpaired) electrons. The average molecular weight is 809 g/mol. The summed E-state index contributed by atoms with van der Waals surface area (Å²) in [7, 11) is -3.36. The molecule has 3 aliphatic rings. The van der Waals surface area contributed by atoms with Crippen LogP contribution in [0.25, 0.3) is 5.57 Å². The summed E-state index contributed by atoms with van der Waals surface area (Å²) in [5.41, 5.74) is -4.28. The smallest absolute Gasteiger partial charge is 0.166 e. The third kappa shape index (κ3) is 9.40. The van der Waals surface area contributed by atoms with Crippen LogP contribution in [0.1, 0.15) is 92.0 Å². The summed E-state index contributed by atoms with van der Waals surface area (Å²) >= 11 is 0. The first-order chi connectivity index (χ1) is 25.3. The Kier molecular flexibility index (Phi) is 12.1. The van der Waals surface area contributed by atoms with Gasteiger partial charge in [-0.3, -0.25) is 0 Å². The van der Waals surface area contributed by atoms with E-state index in [-0.39, 0.29) is 18.3 Å². The van der Waals surface area contributed by atoms with Crippen LogP contribution in [0.3, 0.4) is 0 Å². The topological polar surface area (TPSA) is 0 Å². The van der Waals surface area contributed by atoms with E-state index in [2.05, 4.69) is 6.07 Å². The molecule has 1 unspecified atom stereocenters. The van der Waals surface area contributed by atoms with Gasteiger partial charge in [-0.15, -0.1) is 0 Å². The lowest BCUT2D eigenvalue weighted by molar-refractivity contribution is -0.144. The van der Waals surface area contributed by atoms with Crippen molar-refractivity contribution < 1.29 is 52.7 Å². The van der Waals surface area contributed by atoms with E-state index in [9.17, 15) is 52.7 Å². The Morgan fingerprint density at radius 3 is 1.33 bits per heavy atom. The minimum absolute atomic E-state index is 0.0971. The Hall–Kier alpha value is -2.84. The first-order valence-corrected chi connectivity index (χ1v) is 20.9. The maximum Gasteiger partial charge on any atom is 0.416 e. The van der Waals surface area contributed by atoms with Crippen LogP contribution in [0.4, 0.5) is 52.7 Å². The molecule has 0 heterocycles. The summed E-state index contributed by atoms with van der Waals surface area (Å²) in [4.78, 5) is 0. The summed E-state index contributed by atoms with van der Waals surface area (Å²) in [6.07, 6.45) is -5.20. The Morgan fingerprint density at radius 2 is 0.926 bits per heavy atom. The highest BCUT2D eigenvalue weighted by Gasteiger charge is 2.41. The number of alkyl halides is 12. The molecule has 1 atom stereocenters. The SMILES string of the molecule is FC(F)(F)c1cc(P(CC2C=CC=C2c2ccccc2P(C2CCCCC2)C2CCCCC2)c2cc(C(F)(F)F)cc(C(F)(F)F)c2)cc(C(F)(F)F)c1. The van der Waals surface area contributed by atoms with Crippen LogP contribution in [0.2, 0.25) is 0 Å². The summed E-state index contributed by atoms with van der Waals surface area (Å²) in [6, 6.07) is 9.33. The molecule has 3 aromatic rings. The van der Waals surface area contributed by atoms with E-state index in [4.69, 9.17) is 0 Å². The third-order valence-corrected chi connectivity index (χ3v) is 16.7. The second-order valence-electron chi connectivity index (χ2n) is 14.3. The lowest BCUT2D eigenvalue weighted by atomic mass is 9.97. The summed E-state index contributed by atoms with van der Waals surface area (Å²) in [6.45, 7) is 0. The Morgan fingerprint density at radius 1 is 0.519 bits per heavy atom. The minimum Gasteiger partial charge on any atom is -0.166 e. The molecule has 0 bridgehead atoms. The zero-order chi connectivity index (χ0) is 39.1. The molecular formula is C40H38F12P2. The molecule has 0 amide bonds. The van der Waals surface area contributed by atoms with Gasteiger partial charge in [-0.2, -0.15) is 52.7 Å². The van der Waals surface area contributed by atoms with E-state index in [1.165, 1.54) is 0 Å². The molecule has 292 valence electrons. The quantitative estimate of drug-likeness (QED) is 0.157. The molecule has 6 rings (SSSR count). The predicted molar refractivity (Wildman–Crippen MR) is 191 cm³/mol. The number of rotatable bonds is 8. The van der Waals surface area contributed by atoms with E-state index >= 15 is 0 Å².